The molecule has 0 aliphatic heterocycles. The fourth-order valence-corrected chi connectivity index (χ4v) is 4.87. The van der Waals surface area contributed by atoms with E-state index < -0.39 is 30.0 Å². The van der Waals surface area contributed by atoms with Crippen LogP contribution in [-0.4, -0.2) is 77.3 Å². The minimum absolute atomic E-state index is 0. The van der Waals surface area contributed by atoms with Crippen LogP contribution in [0.4, 0.5) is 0 Å². The van der Waals surface area contributed by atoms with E-state index in [9.17, 15) is 25.9 Å². The Morgan fingerprint density at radius 3 is 1.21 bits per heavy atom. The second kappa shape index (κ2) is 8.18. The van der Waals surface area contributed by atoms with Gasteiger partial charge in [0, 0.05) is 62.5 Å². The van der Waals surface area contributed by atoms with Crippen LogP contribution in [0.5, 0.6) is 0 Å². The van der Waals surface area contributed by atoms with Gasteiger partial charge in [0.05, 0.1) is 0 Å². The van der Waals surface area contributed by atoms with E-state index in [2.05, 4.69) is 0 Å². The minimum Gasteiger partial charge on any atom is -0.282 e. The summed E-state index contributed by atoms with van der Waals surface area (Å²) in [4.78, 5) is -0.875. The molecular formula is C20H14KO6S2. The van der Waals surface area contributed by atoms with Crippen molar-refractivity contribution < 1.29 is 25.9 Å². The number of hydrogen-bond acceptors (Lipinski definition) is 4. The van der Waals surface area contributed by atoms with Crippen LogP contribution in [0.3, 0.4) is 0 Å². The fraction of sp³-hybridized carbons (Fsp3) is 0. The number of hydrogen-bond donors (Lipinski definition) is 2. The molecule has 0 unspecified atom stereocenters. The largest absolute Gasteiger partial charge is 0.295 e. The van der Waals surface area contributed by atoms with Crippen molar-refractivity contribution in [2.45, 2.75) is 9.79 Å². The molecule has 0 saturated carbocycles. The zero-order chi connectivity index (χ0) is 20.1. The van der Waals surface area contributed by atoms with Gasteiger partial charge in [0.1, 0.15) is 9.79 Å². The average Bonchev–Trinajstić information content (AvgIpc) is 2.64. The van der Waals surface area contributed by atoms with Crippen LogP contribution in [0.1, 0.15) is 0 Å². The summed E-state index contributed by atoms with van der Waals surface area (Å²) in [5.41, 5.74) is 0.0371. The van der Waals surface area contributed by atoms with Gasteiger partial charge in [0.2, 0.25) is 0 Å². The van der Waals surface area contributed by atoms with Gasteiger partial charge in [-0.2, -0.15) is 16.8 Å². The smallest absolute Gasteiger partial charge is 0.282 e. The van der Waals surface area contributed by atoms with E-state index in [1.54, 1.807) is 48.5 Å². The maximum absolute atomic E-state index is 12.1. The number of fused-ring (bicyclic) bond motifs is 2. The summed E-state index contributed by atoms with van der Waals surface area (Å²) in [5, 5.41) is 2.16. The molecular weight excluding hydrogens is 439 g/mol. The zero-order valence-corrected chi connectivity index (χ0v) is 20.0. The summed E-state index contributed by atoms with van der Waals surface area (Å²) < 4.78 is 68.1. The molecule has 6 nitrogen and oxygen atoms in total. The van der Waals surface area contributed by atoms with Crippen molar-refractivity contribution in [1.29, 1.82) is 0 Å². The Balaban J connectivity index is 0.00000240. The third-order valence-electron chi connectivity index (χ3n) is 4.59. The van der Waals surface area contributed by atoms with Crippen LogP contribution in [0, 0.1) is 0 Å². The van der Waals surface area contributed by atoms with Crippen LogP contribution in [0.15, 0.2) is 82.6 Å². The third-order valence-corrected chi connectivity index (χ3v) is 6.38. The predicted molar refractivity (Wildman–Crippen MR) is 112 cm³/mol. The van der Waals surface area contributed by atoms with Crippen LogP contribution >= 0.6 is 0 Å². The van der Waals surface area contributed by atoms with E-state index in [1.165, 1.54) is 24.3 Å². The minimum atomic E-state index is -4.68. The van der Waals surface area contributed by atoms with E-state index in [4.69, 9.17) is 0 Å². The Morgan fingerprint density at radius 2 is 0.862 bits per heavy atom. The summed E-state index contributed by atoms with van der Waals surface area (Å²) in [7, 11) is -9.36. The van der Waals surface area contributed by atoms with E-state index in [0.717, 1.165) is 0 Å². The van der Waals surface area contributed by atoms with Gasteiger partial charge in [-0.3, -0.25) is 9.11 Å². The van der Waals surface area contributed by atoms with Gasteiger partial charge in [0.15, 0.2) is 0 Å². The Morgan fingerprint density at radius 1 is 0.517 bits per heavy atom. The van der Waals surface area contributed by atoms with Crippen molar-refractivity contribution >= 4 is 93.2 Å². The molecule has 0 atom stereocenters. The van der Waals surface area contributed by atoms with Gasteiger partial charge in [-0.25, -0.2) is 0 Å². The normalized spacial score (nSPS) is 12.1. The molecule has 29 heavy (non-hydrogen) atoms. The van der Waals surface area contributed by atoms with Crippen molar-refractivity contribution in [3.63, 3.8) is 0 Å². The van der Waals surface area contributed by atoms with Gasteiger partial charge < -0.3 is 0 Å². The van der Waals surface area contributed by atoms with Crippen molar-refractivity contribution in [2.75, 3.05) is 0 Å². The van der Waals surface area contributed by atoms with Crippen molar-refractivity contribution in [3.05, 3.63) is 72.8 Å². The molecule has 0 bridgehead atoms. The molecule has 0 amide bonds. The van der Waals surface area contributed by atoms with Crippen molar-refractivity contribution in [3.8, 4) is 11.1 Å². The molecule has 0 spiro atoms. The quantitative estimate of drug-likeness (QED) is 0.361. The van der Waals surface area contributed by atoms with Gasteiger partial charge in [-0.05, 0) is 33.7 Å². The van der Waals surface area contributed by atoms with Gasteiger partial charge in [0.25, 0.3) is 20.2 Å². The molecule has 4 aromatic carbocycles. The SMILES string of the molecule is O=S(=O)(O)c1ccc2ccccc2c1-c1c(S(=O)(=O)O)ccc2ccccc12.[K]. The van der Waals surface area contributed by atoms with Crippen LogP contribution in [-0.2, 0) is 20.2 Å². The molecule has 0 aliphatic rings. The molecule has 0 fully saturated rings. The molecule has 4 aromatic rings. The third kappa shape index (κ3) is 4.20. The van der Waals surface area contributed by atoms with E-state index >= 15 is 0 Å². The summed E-state index contributed by atoms with van der Waals surface area (Å²) in [5.74, 6) is 0. The van der Waals surface area contributed by atoms with Crippen molar-refractivity contribution in [2.24, 2.45) is 0 Å². The molecule has 0 aromatic heterocycles. The Labute approximate surface area is 210 Å². The molecule has 0 aliphatic carbocycles. The Hall–Kier alpha value is -1.14. The summed E-state index contributed by atoms with van der Waals surface area (Å²) in [6, 6.07) is 19.1. The Kier molecular flexibility index (Phi) is 6.36. The summed E-state index contributed by atoms with van der Waals surface area (Å²) in [6.45, 7) is 0. The zero-order valence-electron chi connectivity index (χ0n) is 15.3. The molecule has 0 saturated heterocycles. The first kappa shape index (κ1) is 22.5. The van der Waals surface area contributed by atoms with Gasteiger partial charge in [-0.15, -0.1) is 0 Å². The predicted octanol–water partition coefficient (Wildman–Crippen LogP) is 3.77. The Bertz CT molecular complexity index is 1350. The number of rotatable bonds is 3. The monoisotopic (exact) mass is 453 g/mol. The molecule has 143 valence electrons. The maximum Gasteiger partial charge on any atom is 0.295 e. The molecule has 9 heteroatoms. The second-order valence-electron chi connectivity index (χ2n) is 6.27. The molecule has 2 N–H and O–H groups in total. The van der Waals surface area contributed by atoms with Gasteiger partial charge in [-0.1, -0.05) is 60.7 Å². The first-order valence-corrected chi connectivity index (χ1v) is 11.0. The van der Waals surface area contributed by atoms with Crippen LogP contribution in [0.2, 0.25) is 0 Å². The first-order chi connectivity index (χ1) is 13.2. The summed E-state index contributed by atoms with van der Waals surface area (Å²) in [6.07, 6.45) is 0. The van der Waals surface area contributed by atoms with E-state index in [1.807, 2.05) is 0 Å². The topological polar surface area (TPSA) is 109 Å². The summed E-state index contributed by atoms with van der Waals surface area (Å²) >= 11 is 0. The molecule has 0 heterocycles. The average molecular weight is 454 g/mol. The molecule has 1 radical (unpaired) electrons. The fourth-order valence-electron chi connectivity index (χ4n) is 3.45. The van der Waals surface area contributed by atoms with Crippen molar-refractivity contribution in [1.82, 2.24) is 0 Å². The van der Waals surface area contributed by atoms with E-state index in [0.29, 0.717) is 21.5 Å². The van der Waals surface area contributed by atoms with Crippen LogP contribution < -0.4 is 0 Å². The van der Waals surface area contributed by atoms with E-state index in [-0.39, 0.29) is 62.5 Å². The second-order valence-corrected chi connectivity index (χ2v) is 9.05. The molecule has 4 rings (SSSR count). The maximum atomic E-state index is 12.1. The first-order valence-electron chi connectivity index (χ1n) is 8.17. The van der Waals surface area contributed by atoms with Gasteiger partial charge >= 0.3 is 0 Å². The van der Waals surface area contributed by atoms with Crippen LogP contribution in [0.25, 0.3) is 32.7 Å². The standard InChI is InChI=1S/C20H14O6S2.K/c21-27(22,23)17-11-9-13-5-1-3-7-15(13)19(17)20-16-8-4-2-6-14(16)10-12-18(20)28(24,25)26;/h1-12H,(H,21,22,23)(H,24,25,26);. The number of benzene rings is 4.